The Hall–Kier alpha value is -3.33. The Morgan fingerprint density at radius 1 is 1.16 bits per heavy atom. The first kappa shape index (κ1) is 21.9. The van der Waals surface area contributed by atoms with Gasteiger partial charge in [-0.2, -0.15) is 0 Å². The SMILES string of the molecule is COc1ccc(CCNC(=O)CN2CCC(c3nnc(-c4ccco4)o3)CC2)cc1OC. The highest BCUT2D eigenvalue weighted by molar-refractivity contribution is 5.78. The fourth-order valence-electron chi connectivity index (χ4n) is 3.88. The molecule has 1 amide bonds. The molecule has 0 bridgehead atoms. The third-order valence-electron chi connectivity index (χ3n) is 5.66. The second-order valence-corrected chi connectivity index (χ2v) is 7.76. The second kappa shape index (κ2) is 10.3. The summed E-state index contributed by atoms with van der Waals surface area (Å²) >= 11 is 0. The van der Waals surface area contributed by atoms with Crippen molar-refractivity contribution in [1.82, 2.24) is 20.4 Å². The summed E-state index contributed by atoms with van der Waals surface area (Å²) in [7, 11) is 3.23. The van der Waals surface area contributed by atoms with E-state index < -0.39 is 0 Å². The molecule has 9 nitrogen and oxygen atoms in total. The summed E-state index contributed by atoms with van der Waals surface area (Å²) in [5.74, 6) is 3.23. The van der Waals surface area contributed by atoms with Gasteiger partial charge >= 0.3 is 0 Å². The lowest BCUT2D eigenvalue weighted by atomic mass is 9.97. The third-order valence-corrected chi connectivity index (χ3v) is 5.66. The highest BCUT2D eigenvalue weighted by atomic mass is 16.5. The number of aromatic nitrogens is 2. The monoisotopic (exact) mass is 440 g/mol. The number of likely N-dealkylation sites (tertiary alicyclic amines) is 1. The second-order valence-electron chi connectivity index (χ2n) is 7.76. The Bertz CT molecular complexity index is 1010. The van der Waals surface area contributed by atoms with Crippen molar-refractivity contribution in [3.63, 3.8) is 0 Å². The van der Waals surface area contributed by atoms with Gasteiger partial charge < -0.3 is 23.6 Å². The van der Waals surface area contributed by atoms with Gasteiger partial charge in [0.25, 0.3) is 5.89 Å². The number of methoxy groups -OCH3 is 2. The van der Waals surface area contributed by atoms with E-state index in [1.54, 1.807) is 32.6 Å². The maximum atomic E-state index is 12.4. The maximum absolute atomic E-state index is 12.4. The molecule has 170 valence electrons. The van der Waals surface area contributed by atoms with E-state index in [4.69, 9.17) is 18.3 Å². The van der Waals surface area contributed by atoms with Crippen LogP contribution in [0.1, 0.15) is 30.2 Å². The smallest absolute Gasteiger partial charge is 0.283 e. The zero-order valence-electron chi connectivity index (χ0n) is 18.4. The summed E-state index contributed by atoms with van der Waals surface area (Å²) in [6.45, 7) is 2.58. The molecule has 1 aliphatic heterocycles. The van der Waals surface area contributed by atoms with Crippen molar-refractivity contribution in [2.75, 3.05) is 40.4 Å². The molecule has 0 unspecified atom stereocenters. The zero-order valence-corrected chi connectivity index (χ0v) is 18.4. The predicted octanol–water partition coefficient (Wildman–Crippen LogP) is 2.89. The van der Waals surface area contributed by atoms with E-state index in [2.05, 4.69) is 20.4 Å². The number of rotatable bonds is 9. The molecular formula is C23H28N4O5. The van der Waals surface area contributed by atoms with Crippen LogP contribution in [-0.4, -0.2) is 61.4 Å². The minimum Gasteiger partial charge on any atom is -0.493 e. The first-order chi connectivity index (χ1) is 15.7. The average Bonchev–Trinajstić information content (AvgIpc) is 3.51. The number of carbonyl (C=O) groups is 1. The number of amides is 1. The van der Waals surface area contributed by atoms with Gasteiger partial charge in [-0.3, -0.25) is 9.69 Å². The molecule has 1 aromatic carbocycles. The Morgan fingerprint density at radius 2 is 1.97 bits per heavy atom. The Balaban J connectivity index is 1.19. The average molecular weight is 441 g/mol. The van der Waals surface area contributed by atoms with Gasteiger partial charge in [0.1, 0.15) is 0 Å². The van der Waals surface area contributed by atoms with Gasteiger partial charge in [-0.05, 0) is 62.2 Å². The standard InChI is InChI=1S/C23H28N4O5/c1-29-18-6-5-16(14-20(18)30-2)7-10-24-21(28)15-27-11-8-17(9-12-27)22-25-26-23(32-22)19-4-3-13-31-19/h3-6,13-14,17H,7-12,15H2,1-2H3,(H,24,28). The first-order valence-electron chi connectivity index (χ1n) is 10.7. The van der Waals surface area contributed by atoms with Crippen LogP contribution in [0.25, 0.3) is 11.7 Å². The van der Waals surface area contributed by atoms with Crippen molar-refractivity contribution >= 4 is 5.91 Å². The number of hydrogen-bond acceptors (Lipinski definition) is 8. The number of carbonyl (C=O) groups excluding carboxylic acids is 1. The number of nitrogens with zero attached hydrogens (tertiary/aromatic N) is 3. The lowest BCUT2D eigenvalue weighted by molar-refractivity contribution is -0.122. The van der Waals surface area contributed by atoms with E-state index in [-0.39, 0.29) is 11.8 Å². The van der Waals surface area contributed by atoms with Crippen molar-refractivity contribution in [2.45, 2.75) is 25.2 Å². The normalized spacial score (nSPS) is 14.9. The summed E-state index contributed by atoms with van der Waals surface area (Å²) in [4.78, 5) is 14.5. The molecule has 0 spiro atoms. The lowest BCUT2D eigenvalue weighted by Gasteiger charge is -2.29. The van der Waals surface area contributed by atoms with Crippen LogP contribution in [0.3, 0.4) is 0 Å². The van der Waals surface area contributed by atoms with Crippen molar-refractivity contribution < 1.29 is 23.1 Å². The summed E-state index contributed by atoms with van der Waals surface area (Å²) in [6, 6.07) is 9.37. The number of piperidine rings is 1. The topological polar surface area (TPSA) is 103 Å². The van der Waals surface area contributed by atoms with Crippen molar-refractivity contribution in [3.8, 4) is 23.1 Å². The minimum absolute atomic E-state index is 0.0295. The maximum Gasteiger partial charge on any atom is 0.283 e. The van der Waals surface area contributed by atoms with Gasteiger partial charge in [-0.25, -0.2) is 0 Å². The highest BCUT2D eigenvalue weighted by Crippen LogP contribution is 2.29. The van der Waals surface area contributed by atoms with Crippen LogP contribution in [0.15, 0.2) is 45.4 Å². The largest absolute Gasteiger partial charge is 0.493 e. The van der Waals surface area contributed by atoms with E-state index in [9.17, 15) is 4.79 Å². The van der Waals surface area contributed by atoms with Crippen molar-refractivity contribution in [1.29, 1.82) is 0 Å². The molecule has 0 aliphatic carbocycles. The molecule has 0 radical (unpaired) electrons. The van der Waals surface area contributed by atoms with Crippen LogP contribution in [0, 0.1) is 0 Å². The number of nitrogens with one attached hydrogen (secondary N) is 1. The molecule has 1 aliphatic rings. The number of furan rings is 1. The van der Waals surface area contributed by atoms with E-state index in [0.717, 1.165) is 37.9 Å². The van der Waals surface area contributed by atoms with E-state index in [1.807, 2.05) is 18.2 Å². The fourth-order valence-corrected chi connectivity index (χ4v) is 3.88. The van der Waals surface area contributed by atoms with Crippen LogP contribution in [-0.2, 0) is 11.2 Å². The molecule has 9 heteroatoms. The summed E-state index contributed by atoms with van der Waals surface area (Å²) in [5, 5.41) is 11.3. The molecule has 4 rings (SSSR count). The quantitative estimate of drug-likeness (QED) is 0.542. The predicted molar refractivity (Wildman–Crippen MR) is 117 cm³/mol. The molecule has 1 fully saturated rings. The molecule has 1 N–H and O–H groups in total. The van der Waals surface area contributed by atoms with E-state index in [0.29, 0.717) is 42.1 Å². The fraction of sp³-hybridized carbons (Fsp3) is 0.435. The molecular weight excluding hydrogens is 412 g/mol. The minimum atomic E-state index is 0.0295. The summed E-state index contributed by atoms with van der Waals surface area (Å²) in [5.41, 5.74) is 1.08. The van der Waals surface area contributed by atoms with E-state index in [1.165, 1.54) is 0 Å². The van der Waals surface area contributed by atoms with Crippen LogP contribution >= 0.6 is 0 Å². The zero-order chi connectivity index (χ0) is 22.3. The number of benzene rings is 1. The first-order valence-corrected chi connectivity index (χ1v) is 10.7. The lowest BCUT2D eigenvalue weighted by Crippen LogP contribution is -2.41. The molecule has 3 heterocycles. The van der Waals surface area contributed by atoms with Gasteiger partial charge in [0.05, 0.1) is 27.0 Å². The molecule has 2 aromatic heterocycles. The molecule has 0 atom stereocenters. The van der Waals surface area contributed by atoms with Gasteiger partial charge in [0.15, 0.2) is 17.3 Å². The number of hydrogen-bond donors (Lipinski definition) is 1. The summed E-state index contributed by atoms with van der Waals surface area (Å²) in [6.07, 6.45) is 4.05. The Kier molecular flexibility index (Phi) is 7.06. The third kappa shape index (κ3) is 5.28. The van der Waals surface area contributed by atoms with Gasteiger partial charge in [-0.1, -0.05) is 6.07 Å². The van der Waals surface area contributed by atoms with Crippen LogP contribution < -0.4 is 14.8 Å². The Morgan fingerprint density at radius 3 is 2.69 bits per heavy atom. The van der Waals surface area contributed by atoms with Crippen molar-refractivity contribution in [3.05, 3.63) is 48.0 Å². The number of ether oxygens (including phenoxy) is 2. The Labute approximate surface area is 186 Å². The van der Waals surface area contributed by atoms with Crippen molar-refractivity contribution in [2.24, 2.45) is 0 Å². The van der Waals surface area contributed by atoms with Gasteiger partial charge in [0.2, 0.25) is 11.8 Å². The molecule has 1 saturated heterocycles. The highest BCUT2D eigenvalue weighted by Gasteiger charge is 2.26. The molecule has 0 saturated carbocycles. The van der Waals surface area contributed by atoms with Crippen LogP contribution in [0.5, 0.6) is 11.5 Å². The van der Waals surface area contributed by atoms with E-state index >= 15 is 0 Å². The van der Waals surface area contributed by atoms with Gasteiger partial charge in [0, 0.05) is 12.5 Å². The molecule has 3 aromatic rings. The summed E-state index contributed by atoms with van der Waals surface area (Å²) < 4.78 is 21.7. The van der Waals surface area contributed by atoms with Gasteiger partial charge in [-0.15, -0.1) is 10.2 Å². The van der Waals surface area contributed by atoms with Crippen LogP contribution in [0.2, 0.25) is 0 Å². The van der Waals surface area contributed by atoms with Crippen LogP contribution in [0.4, 0.5) is 0 Å². The molecule has 32 heavy (non-hydrogen) atoms.